The molecule has 1 aliphatic heterocycles. The molecule has 2 heterocycles. The van der Waals surface area contributed by atoms with E-state index >= 15 is 0 Å². The third-order valence-corrected chi connectivity index (χ3v) is 3.22. The number of rotatable bonds is 5. The largest absolute Gasteiger partial charge is 0.380 e. The van der Waals surface area contributed by atoms with Crippen LogP contribution < -0.4 is 0 Å². The zero-order valence-corrected chi connectivity index (χ0v) is 9.98. The summed E-state index contributed by atoms with van der Waals surface area (Å²) in [7, 11) is 0. The lowest BCUT2D eigenvalue weighted by atomic mass is 9.95. The van der Waals surface area contributed by atoms with Gasteiger partial charge in [0, 0.05) is 37.5 Å². The van der Waals surface area contributed by atoms with E-state index in [0.717, 1.165) is 26.3 Å². The van der Waals surface area contributed by atoms with Crippen molar-refractivity contribution >= 4 is 0 Å². The topological polar surface area (TPSA) is 41.1 Å². The van der Waals surface area contributed by atoms with E-state index in [0.29, 0.717) is 5.92 Å². The van der Waals surface area contributed by atoms with E-state index in [2.05, 4.69) is 21.2 Å². The van der Waals surface area contributed by atoms with Crippen molar-refractivity contribution in [2.24, 2.45) is 0 Å². The molecule has 4 heteroatoms. The Morgan fingerprint density at radius 3 is 3.31 bits per heavy atom. The van der Waals surface area contributed by atoms with Crippen LogP contribution in [0, 0.1) is 0 Å². The molecule has 0 aliphatic carbocycles. The quantitative estimate of drug-likeness (QED) is 0.771. The summed E-state index contributed by atoms with van der Waals surface area (Å²) in [6.07, 6.45) is 4.39. The number of hydrogen-bond acceptors (Lipinski definition) is 3. The van der Waals surface area contributed by atoms with Crippen molar-refractivity contribution in [1.29, 1.82) is 0 Å². The number of nitrogens with one attached hydrogen (secondary N) is 1. The average Bonchev–Trinajstić information content (AvgIpc) is 2.83. The van der Waals surface area contributed by atoms with Gasteiger partial charge < -0.3 is 9.64 Å². The van der Waals surface area contributed by atoms with E-state index in [1.54, 1.807) is 0 Å². The SMILES string of the molecule is CCOCCN1CCC[C@@H](c2ccn[nH]2)C1. The number of likely N-dealkylation sites (tertiary alicyclic amines) is 1. The lowest BCUT2D eigenvalue weighted by molar-refractivity contribution is 0.100. The van der Waals surface area contributed by atoms with E-state index < -0.39 is 0 Å². The van der Waals surface area contributed by atoms with Crippen LogP contribution in [0.15, 0.2) is 12.3 Å². The van der Waals surface area contributed by atoms with Gasteiger partial charge in [0.2, 0.25) is 0 Å². The third-order valence-electron chi connectivity index (χ3n) is 3.22. The highest BCUT2D eigenvalue weighted by Gasteiger charge is 2.21. The number of aromatic amines is 1. The number of nitrogens with zero attached hydrogens (tertiary/aromatic N) is 2. The molecule has 4 nitrogen and oxygen atoms in total. The van der Waals surface area contributed by atoms with Crippen molar-refractivity contribution in [3.63, 3.8) is 0 Å². The monoisotopic (exact) mass is 223 g/mol. The summed E-state index contributed by atoms with van der Waals surface area (Å²) in [5.74, 6) is 0.623. The molecule has 1 aromatic rings. The predicted octanol–water partition coefficient (Wildman–Crippen LogP) is 1.63. The van der Waals surface area contributed by atoms with Crippen LogP contribution in [0.5, 0.6) is 0 Å². The van der Waals surface area contributed by atoms with Crippen LogP contribution in [0.4, 0.5) is 0 Å². The Labute approximate surface area is 97.0 Å². The van der Waals surface area contributed by atoms with E-state index in [-0.39, 0.29) is 0 Å². The van der Waals surface area contributed by atoms with Gasteiger partial charge in [-0.25, -0.2) is 0 Å². The summed E-state index contributed by atoms with van der Waals surface area (Å²) in [5, 5.41) is 7.12. The first-order chi connectivity index (χ1) is 7.90. The molecule has 1 fully saturated rings. The molecule has 1 aromatic heterocycles. The summed E-state index contributed by atoms with van der Waals surface area (Å²) in [6.45, 7) is 7.11. The summed E-state index contributed by atoms with van der Waals surface area (Å²) < 4.78 is 5.40. The molecule has 1 aliphatic rings. The molecule has 0 aromatic carbocycles. The van der Waals surface area contributed by atoms with E-state index in [1.807, 2.05) is 13.1 Å². The number of ether oxygens (including phenoxy) is 1. The van der Waals surface area contributed by atoms with Crippen LogP contribution in [0.3, 0.4) is 0 Å². The molecule has 16 heavy (non-hydrogen) atoms. The molecule has 1 N–H and O–H groups in total. The Morgan fingerprint density at radius 1 is 1.62 bits per heavy atom. The van der Waals surface area contributed by atoms with Gasteiger partial charge in [0.1, 0.15) is 0 Å². The standard InChI is InChI=1S/C12H21N3O/c1-2-16-9-8-15-7-3-4-11(10-15)12-5-6-13-14-12/h5-6,11H,2-4,7-10H2,1H3,(H,13,14)/t11-/m1/s1. The first kappa shape index (κ1) is 11.6. The highest BCUT2D eigenvalue weighted by molar-refractivity contribution is 5.07. The molecule has 1 saturated heterocycles. The number of hydrogen-bond donors (Lipinski definition) is 1. The van der Waals surface area contributed by atoms with Gasteiger partial charge in [-0.1, -0.05) is 0 Å². The first-order valence-electron chi connectivity index (χ1n) is 6.19. The Kier molecular flexibility index (Phi) is 4.36. The maximum atomic E-state index is 5.40. The highest BCUT2D eigenvalue weighted by Crippen LogP contribution is 2.24. The normalized spacial score (nSPS) is 22.4. The van der Waals surface area contributed by atoms with Crippen molar-refractivity contribution in [3.05, 3.63) is 18.0 Å². The maximum absolute atomic E-state index is 5.40. The van der Waals surface area contributed by atoms with Crippen LogP contribution in [0.2, 0.25) is 0 Å². The number of piperidine rings is 1. The van der Waals surface area contributed by atoms with Crippen molar-refractivity contribution in [2.45, 2.75) is 25.7 Å². The van der Waals surface area contributed by atoms with Crippen LogP contribution in [-0.2, 0) is 4.74 Å². The van der Waals surface area contributed by atoms with Crippen LogP contribution in [0.25, 0.3) is 0 Å². The fourth-order valence-corrected chi connectivity index (χ4v) is 2.34. The van der Waals surface area contributed by atoms with Gasteiger partial charge in [-0.2, -0.15) is 5.10 Å². The molecule has 0 saturated carbocycles. The molecule has 1 atom stereocenters. The van der Waals surface area contributed by atoms with E-state index in [4.69, 9.17) is 4.74 Å². The van der Waals surface area contributed by atoms with Gasteiger partial charge >= 0.3 is 0 Å². The fourth-order valence-electron chi connectivity index (χ4n) is 2.34. The van der Waals surface area contributed by atoms with Crippen LogP contribution >= 0.6 is 0 Å². The lowest BCUT2D eigenvalue weighted by Gasteiger charge is -2.31. The molecular weight excluding hydrogens is 202 g/mol. The molecular formula is C12H21N3O. The van der Waals surface area contributed by atoms with Crippen molar-refractivity contribution in [3.8, 4) is 0 Å². The average molecular weight is 223 g/mol. The molecule has 0 radical (unpaired) electrons. The zero-order valence-electron chi connectivity index (χ0n) is 9.98. The second-order valence-electron chi connectivity index (χ2n) is 4.35. The summed E-state index contributed by atoms with van der Waals surface area (Å²) in [6, 6.07) is 2.09. The molecule has 0 spiro atoms. The van der Waals surface area contributed by atoms with Crippen molar-refractivity contribution in [1.82, 2.24) is 15.1 Å². The summed E-state index contributed by atoms with van der Waals surface area (Å²) in [5.41, 5.74) is 1.28. The smallest absolute Gasteiger partial charge is 0.0593 e. The Bertz CT molecular complexity index is 286. The second-order valence-corrected chi connectivity index (χ2v) is 4.35. The highest BCUT2D eigenvalue weighted by atomic mass is 16.5. The number of aromatic nitrogens is 2. The van der Waals surface area contributed by atoms with E-state index in [9.17, 15) is 0 Å². The lowest BCUT2D eigenvalue weighted by Crippen LogP contribution is -2.36. The summed E-state index contributed by atoms with van der Waals surface area (Å²) in [4.78, 5) is 2.49. The second kappa shape index (κ2) is 6.01. The van der Waals surface area contributed by atoms with E-state index in [1.165, 1.54) is 25.1 Å². The zero-order chi connectivity index (χ0) is 11.2. The van der Waals surface area contributed by atoms with Crippen molar-refractivity contribution < 1.29 is 4.74 Å². The van der Waals surface area contributed by atoms with Gasteiger partial charge in [0.25, 0.3) is 0 Å². The van der Waals surface area contributed by atoms with Crippen LogP contribution in [0.1, 0.15) is 31.4 Å². The molecule has 0 amide bonds. The number of H-pyrrole nitrogens is 1. The molecule has 90 valence electrons. The van der Waals surface area contributed by atoms with Crippen molar-refractivity contribution in [2.75, 3.05) is 32.8 Å². The minimum atomic E-state index is 0.623. The molecule has 0 unspecified atom stereocenters. The predicted molar refractivity (Wildman–Crippen MR) is 63.5 cm³/mol. The summed E-state index contributed by atoms with van der Waals surface area (Å²) >= 11 is 0. The van der Waals surface area contributed by atoms with Gasteiger partial charge in [0.05, 0.1) is 6.61 Å². The van der Waals surface area contributed by atoms with Gasteiger partial charge in [-0.15, -0.1) is 0 Å². The minimum absolute atomic E-state index is 0.623. The third kappa shape index (κ3) is 3.06. The minimum Gasteiger partial charge on any atom is -0.380 e. The Morgan fingerprint density at radius 2 is 2.56 bits per heavy atom. The van der Waals surface area contributed by atoms with Gasteiger partial charge in [-0.05, 0) is 32.4 Å². The fraction of sp³-hybridized carbons (Fsp3) is 0.750. The maximum Gasteiger partial charge on any atom is 0.0593 e. The van der Waals surface area contributed by atoms with Gasteiger partial charge in [-0.3, -0.25) is 5.10 Å². The van der Waals surface area contributed by atoms with Gasteiger partial charge in [0.15, 0.2) is 0 Å². The first-order valence-corrected chi connectivity index (χ1v) is 6.19. The Balaban J connectivity index is 1.80. The van der Waals surface area contributed by atoms with Crippen LogP contribution in [-0.4, -0.2) is 47.9 Å². The molecule has 0 bridgehead atoms. The molecule has 2 rings (SSSR count). The Hall–Kier alpha value is -0.870.